The minimum atomic E-state index is -1.73. The Bertz CT molecular complexity index is 670. The lowest BCUT2D eigenvalue weighted by Gasteiger charge is -2.34. The third kappa shape index (κ3) is 3.27. The zero-order valence-electron chi connectivity index (χ0n) is 11.9. The van der Waals surface area contributed by atoms with Crippen molar-refractivity contribution in [1.82, 2.24) is 20.1 Å². The lowest BCUT2D eigenvalue weighted by Crippen LogP contribution is -2.50. The van der Waals surface area contributed by atoms with Crippen molar-refractivity contribution in [2.24, 2.45) is 0 Å². The summed E-state index contributed by atoms with van der Waals surface area (Å²) in [5.74, 6) is -1.60. The van der Waals surface area contributed by atoms with Crippen molar-refractivity contribution >= 4 is 0 Å². The van der Waals surface area contributed by atoms with Gasteiger partial charge in [0.05, 0.1) is 19.2 Å². The molecule has 1 heterocycles. The number of aliphatic hydroxyl groups is 1. The fraction of sp³-hybridized carbons (Fsp3) is 0.357. The Morgan fingerprint density at radius 2 is 2.27 bits per heavy atom. The van der Waals surface area contributed by atoms with Gasteiger partial charge in [0.15, 0.2) is 0 Å². The molecule has 0 saturated heterocycles. The third-order valence-corrected chi connectivity index (χ3v) is 3.47. The van der Waals surface area contributed by atoms with E-state index in [1.807, 2.05) is 6.07 Å². The van der Waals surface area contributed by atoms with Crippen molar-refractivity contribution in [3.05, 3.63) is 48.1 Å². The van der Waals surface area contributed by atoms with E-state index in [4.69, 9.17) is 5.26 Å². The monoisotopic (exact) mass is 307 g/mol. The average molecular weight is 307 g/mol. The van der Waals surface area contributed by atoms with E-state index in [2.05, 4.69) is 15.4 Å². The molecule has 1 aromatic carbocycles. The number of halogens is 2. The highest BCUT2D eigenvalue weighted by Crippen LogP contribution is 2.29. The van der Waals surface area contributed by atoms with E-state index in [9.17, 15) is 13.9 Å². The zero-order chi connectivity index (χ0) is 16.2. The van der Waals surface area contributed by atoms with E-state index in [-0.39, 0.29) is 18.7 Å². The van der Waals surface area contributed by atoms with Crippen molar-refractivity contribution in [1.29, 1.82) is 5.26 Å². The highest BCUT2D eigenvalue weighted by Gasteiger charge is 2.38. The predicted octanol–water partition coefficient (Wildman–Crippen LogP) is 0.946. The van der Waals surface area contributed by atoms with E-state index in [0.29, 0.717) is 6.07 Å². The molecule has 0 aliphatic carbocycles. The second-order valence-corrected chi connectivity index (χ2v) is 4.90. The molecule has 2 atom stereocenters. The highest BCUT2D eigenvalue weighted by molar-refractivity contribution is 5.27. The fourth-order valence-electron chi connectivity index (χ4n) is 2.22. The number of benzene rings is 1. The van der Waals surface area contributed by atoms with E-state index in [1.54, 1.807) is 6.92 Å². The van der Waals surface area contributed by atoms with Crippen LogP contribution in [0.25, 0.3) is 0 Å². The number of hydrogen-bond donors (Lipinski definition) is 2. The van der Waals surface area contributed by atoms with E-state index in [1.165, 1.54) is 23.4 Å². The summed E-state index contributed by atoms with van der Waals surface area (Å²) in [4.78, 5) is 3.77. The first kappa shape index (κ1) is 16.0. The van der Waals surface area contributed by atoms with Gasteiger partial charge in [-0.3, -0.25) is 5.32 Å². The number of nitrogens with zero attached hydrogens (tertiary/aromatic N) is 4. The maximum atomic E-state index is 14.1. The maximum absolute atomic E-state index is 14.1. The van der Waals surface area contributed by atoms with Gasteiger partial charge in [0.2, 0.25) is 0 Å². The molecule has 0 aliphatic rings. The van der Waals surface area contributed by atoms with Crippen LogP contribution in [0.4, 0.5) is 8.78 Å². The molecular formula is C14H15F2N5O. The summed E-state index contributed by atoms with van der Waals surface area (Å²) in [5.41, 5.74) is -1.81. The molecule has 22 heavy (non-hydrogen) atoms. The quantitative estimate of drug-likeness (QED) is 0.776. The second kappa shape index (κ2) is 6.60. The van der Waals surface area contributed by atoms with Gasteiger partial charge in [-0.1, -0.05) is 6.07 Å². The molecule has 0 fully saturated rings. The fourth-order valence-corrected chi connectivity index (χ4v) is 2.22. The SMILES string of the molecule is CC(NCC#N)C(O)(Cn1cncn1)c1ccc(F)cc1F. The summed E-state index contributed by atoms with van der Waals surface area (Å²) in [6, 6.07) is 4.17. The molecule has 2 unspecified atom stereocenters. The molecule has 116 valence electrons. The van der Waals surface area contributed by atoms with E-state index in [0.717, 1.165) is 6.07 Å². The molecule has 6 nitrogen and oxygen atoms in total. The van der Waals surface area contributed by atoms with Crippen molar-refractivity contribution < 1.29 is 13.9 Å². The molecule has 2 aromatic rings. The minimum absolute atomic E-state index is 0.0242. The Morgan fingerprint density at radius 3 is 2.86 bits per heavy atom. The molecular weight excluding hydrogens is 292 g/mol. The molecule has 0 spiro atoms. The summed E-state index contributed by atoms with van der Waals surface area (Å²) in [5, 5.41) is 26.3. The molecule has 2 rings (SSSR count). The topological polar surface area (TPSA) is 86.8 Å². The average Bonchev–Trinajstić information content (AvgIpc) is 2.97. The van der Waals surface area contributed by atoms with Gasteiger partial charge >= 0.3 is 0 Å². The Kier molecular flexibility index (Phi) is 4.80. The van der Waals surface area contributed by atoms with Crippen LogP contribution in [0.3, 0.4) is 0 Å². The second-order valence-electron chi connectivity index (χ2n) is 4.90. The van der Waals surface area contributed by atoms with Gasteiger partial charge in [-0.05, 0) is 13.0 Å². The Hall–Kier alpha value is -2.37. The normalized spacial score (nSPS) is 15.0. The van der Waals surface area contributed by atoms with Crippen LogP contribution in [-0.4, -0.2) is 32.5 Å². The van der Waals surface area contributed by atoms with Crippen LogP contribution >= 0.6 is 0 Å². The summed E-state index contributed by atoms with van der Waals surface area (Å²) in [7, 11) is 0. The van der Waals surface area contributed by atoms with Crippen molar-refractivity contribution in [2.45, 2.75) is 25.1 Å². The van der Waals surface area contributed by atoms with Crippen LogP contribution in [-0.2, 0) is 12.1 Å². The first-order chi connectivity index (χ1) is 10.5. The standard InChI is InChI=1S/C14H15F2N5O/c1-10(19-5-4-17)14(22,7-21-9-18-8-20-21)12-3-2-11(15)6-13(12)16/h2-3,6,8-10,19,22H,5,7H2,1H3. The van der Waals surface area contributed by atoms with Gasteiger partial charge in [0, 0.05) is 17.7 Å². The summed E-state index contributed by atoms with van der Waals surface area (Å²) in [6.45, 7) is 1.48. The molecule has 0 aliphatic heterocycles. The van der Waals surface area contributed by atoms with Gasteiger partial charge in [-0.15, -0.1) is 0 Å². The number of rotatable bonds is 6. The predicted molar refractivity (Wildman–Crippen MR) is 73.4 cm³/mol. The lowest BCUT2D eigenvalue weighted by molar-refractivity contribution is -0.0189. The van der Waals surface area contributed by atoms with Gasteiger partial charge < -0.3 is 5.11 Å². The molecule has 0 bridgehead atoms. The van der Waals surface area contributed by atoms with Crippen LogP contribution < -0.4 is 5.32 Å². The largest absolute Gasteiger partial charge is 0.381 e. The smallest absolute Gasteiger partial charge is 0.137 e. The van der Waals surface area contributed by atoms with Gasteiger partial charge in [0.25, 0.3) is 0 Å². The molecule has 0 radical (unpaired) electrons. The molecule has 1 aromatic heterocycles. The van der Waals surface area contributed by atoms with E-state index >= 15 is 0 Å². The van der Waals surface area contributed by atoms with Crippen LogP contribution in [0.5, 0.6) is 0 Å². The molecule has 0 saturated carbocycles. The minimum Gasteiger partial charge on any atom is -0.381 e. The Labute approximate surface area is 126 Å². The van der Waals surface area contributed by atoms with Gasteiger partial charge in [-0.2, -0.15) is 10.4 Å². The van der Waals surface area contributed by atoms with Crippen molar-refractivity contribution in [3.63, 3.8) is 0 Å². The van der Waals surface area contributed by atoms with Crippen molar-refractivity contribution in [2.75, 3.05) is 6.54 Å². The van der Waals surface area contributed by atoms with Crippen LogP contribution in [0.2, 0.25) is 0 Å². The Morgan fingerprint density at radius 1 is 1.50 bits per heavy atom. The van der Waals surface area contributed by atoms with Gasteiger partial charge in [-0.25, -0.2) is 18.4 Å². The summed E-state index contributed by atoms with van der Waals surface area (Å²) >= 11 is 0. The highest BCUT2D eigenvalue weighted by atomic mass is 19.1. The van der Waals surface area contributed by atoms with Crippen LogP contribution in [0, 0.1) is 23.0 Å². The maximum Gasteiger partial charge on any atom is 0.137 e. The lowest BCUT2D eigenvalue weighted by atomic mass is 9.86. The zero-order valence-corrected chi connectivity index (χ0v) is 11.9. The number of aromatic nitrogens is 3. The number of hydrogen-bond acceptors (Lipinski definition) is 5. The van der Waals surface area contributed by atoms with Crippen LogP contribution in [0.15, 0.2) is 30.9 Å². The first-order valence-corrected chi connectivity index (χ1v) is 6.58. The summed E-state index contributed by atoms with van der Waals surface area (Å²) in [6.07, 6.45) is 2.66. The molecule has 8 heteroatoms. The van der Waals surface area contributed by atoms with Crippen LogP contribution in [0.1, 0.15) is 12.5 Å². The van der Waals surface area contributed by atoms with E-state index < -0.39 is 23.3 Å². The Balaban J connectivity index is 2.41. The molecule has 2 N–H and O–H groups in total. The molecule has 0 amide bonds. The summed E-state index contributed by atoms with van der Waals surface area (Å²) < 4.78 is 28.6. The number of nitriles is 1. The third-order valence-electron chi connectivity index (χ3n) is 3.47. The van der Waals surface area contributed by atoms with Gasteiger partial charge in [0.1, 0.15) is 29.9 Å². The van der Waals surface area contributed by atoms with Crippen molar-refractivity contribution in [3.8, 4) is 6.07 Å². The first-order valence-electron chi connectivity index (χ1n) is 6.58. The number of nitrogens with one attached hydrogen (secondary N) is 1.